The van der Waals surface area contributed by atoms with Crippen molar-refractivity contribution < 1.29 is 36.2 Å². The number of aryl methyl sites for hydroxylation is 2. The summed E-state index contributed by atoms with van der Waals surface area (Å²) >= 11 is 0. The minimum Gasteiger partial charge on any atom is -0.503 e. The van der Waals surface area contributed by atoms with Crippen LogP contribution in [-0.4, -0.2) is 51.4 Å². The molecule has 5 rings (SSSR count). The van der Waals surface area contributed by atoms with Crippen molar-refractivity contribution in [3.05, 3.63) is 104 Å². The number of rotatable bonds is 20. The lowest BCUT2D eigenvalue weighted by Crippen LogP contribution is -2.09. The maximum absolute atomic E-state index is 14.0. The molecular weight excluding hydrogens is 736 g/mol. The summed E-state index contributed by atoms with van der Waals surface area (Å²) in [5, 5.41) is 0. The maximum atomic E-state index is 14.0. The Labute approximate surface area is 331 Å². The molecule has 0 unspecified atom stereocenters. The van der Waals surface area contributed by atoms with E-state index in [-0.39, 0.29) is 22.9 Å². The van der Waals surface area contributed by atoms with E-state index in [9.17, 15) is 26.9 Å². The molecule has 0 spiro atoms. The van der Waals surface area contributed by atoms with Crippen molar-refractivity contribution in [1.82, 2.24) is 24.9 Å². The molecule has 5 aromatic rings. The summed E-state index contributed by atoms with van der Waals surface area (Å²) < 4.78 is 65.9. The normalized spacial score (nSPS) is 12.1. The van der Waals surface area contributed by atoms with Crippen LogP contribution in [0.2, 0.25) is 0 Å². The van der Waals surface area contributed by atoms with E-state index in [4.69, 9.17) is 9.31 Å². The van der Waals surface area contributed by atoms with Crippen LogP contribution in [0, 0.1) is 0 Å². The molecule has 0 bridgehead atoms. The average molecular weight is 788 g/mol. The average Bonchev–Trinajstić information content (AvgIpc) is 4.03. The molecular formula is C42H51B2F4N5O4. The van der Waals surface area contributed by atoms with Crippen molar-refractivity contribution in [3.63, 3.8) is 0 Å². The zero-order valence-corrected chi connectivity index (χ0v) is 33.9. The Balaban J connectivity index is 1.60. The van der Waals surface area contributed by atoms with Crippen LogP contribution in [0.1, 0.15) is 132 Å². The van der Waals surface area contributed by atoms with E-state index >= 15 is 0 Å². The lowest BCUT2D eigenvalue weighted by Gasteiger charge is -2.10. The number of H-pyrrole nitrogens is 5. The molecule has 0 aliphatic carbocycles. The Morgan fingerprint density at radius 1 is 0.509 bits per heavy atom. The van der Waals surface area contributed by atoms with Gasteiger partial charge in [-0.25, -0.2) is 17.3 Å². The van der Waals surface area contributed by atoms with Gasteiger partial charge in [-0.1, -0.05) is 55.4 Å². The fourth-order valence-corrected chi connectivity index (χ4v) is 8.05. The number of ketones is 2. The third-order valence-electron chi connectivity index (χ3n) is 10.6. The van der Waals surface area contributed by atoms with Gasteiger partial charge in [-0.15, -0.1) is 0 Å². The van der Waals surface area contributed by atoms with E-state index in [0.717, 1.165) is 56.7 Å². The fourth-order valence-electron chi connectivity index (χ4n) is 8.05. The minimum atomic E-state index is -3.18. The summed E-state index contributed by atoms with van der Waals surface area (Å²) in [6, 6.07) is 3.68. The van der Waals surface area contributed by atoms with Gasteiger partial charge >= 0.3 is 14.9 Å². The number of carbonyl (C=O) groups is 2. The first-order valence-electron chi connectivity index (χ1n) is 19.9. The van der Waals surface area contributed by atoms with E-state index in [1.165, 1.54) is 0 Å². The van der Waals surface area contributed by atoms with Gasteiger partial charge in [-0.3, -0.25) is 9.59 Å². The first-order valence-corrected chi connectivity index (χ1v) is 19.9. The first kappa shape index (κ1) is 42.8. The summed E-state index contributed by atoms with van der Waals surface area (Å²) in [6.45, 7) is 15.6. The second-order valence-electron chi connectivity index (χ2n) is 13.6. The van der Waals surface area contributed by atoms with Crippen LogP contribution >= 0.6 is 0 Å². The van der Waals surface area contributed by atoms with Crippen molar-refractivity contribution in [1.29, 1.82) is 0 Å². The molecule has 0 saturated carbocycles. The number of nitrogens with one attached hydrogen (secondary N) is 5. The number of aromatic nitrogens is 5. The smallest absolute Gasteiger partial charge is 0.503 e. The molecule has 0 saturated heterocycles. The van der Waals surface area contributed by atoms with Gasteiger partial charge in [0.1, 0.15) is 11.5 Å². The molecule has 5 N–H and O–H groups in total. The first-order chi connectivity index (χ1) is 27.4. The summed E-state index contributed by atoms with van der Waals surface area (Å²) in [6.07, 6.45) is 10.4. The molecule has 9 nitrogen and oxygen atoms in total. The molecule has 5 aromatic heterocycles. The molecule has 0 aliphatic heterocycles. The molecule has 5 heterocycles. The second kappa shape index (κ2) is 18.7. The topological polar surface area (TPSA) is 132 Å². The van der Waals surface area contributed by atoms with Crippen LogP contribution in [0.25, 0.3) is 34.3 Å². The molecule has 302 valence electrons. The largest absolute Gasteiger partial charge is 0.796 e. The van der Waals surface area contributed by atoms with E-state index in [1.807, 2.05) is 67.5 Å². The quantitative estimate of drug-likeness (QED) is 0.0177. The van der Waals surface area contributed by atoms with Crippen molar-refractivity contribution in [2.45, 2.75) is 107 Å². The van der Waals surface area contributed by atoms with E-state index in [2.05, 4.69) is 24.9 Å². The zero-order valence-electron chi connectivity index (χ0n) is 33.9. The molecule has 0 radical (unpaired) electrons. The van der Waals surface area contributed by atoms with Crippen molar-refractivity contribution >= 4 is 38.0 Å². The summed E-state index contributed by atoms with van der Waals surface area (Å²) in [7, 11) is -6.36. The highest BCUT2D eigenvalue weighted by Crippen LogP contribution is 2.38. The molecule has 0 fully saturated rings. The Hall–Kier alpha value is -5.33. The van der Waals surface area contributed by atoms with Crippen molar-refractivity contribution in [3.8, 4) is 22.8 Å². The van der Waals surface area contributed by atoms with Gasteiger partial charge in [0, 0.05) is 24.5 Å². The summed E-state index contributed by atoms with van der Waals surface area (Å²) in [4.78, 5) is 43.3. The van der Waals surface area contributed by atoms with Gasteiger partial charge in [0.2, 0.25) is 11.6 Å². The predicted octanol–water partition coefficient (Wildman–Crippen LogP) is 10.5. The molecule has 15 heteroatoms. The van der Waals surface area contributed by atoms with E-state index in [0.29, 0.717) is 85.5 Å². The third kappa shape index (κ3) is 8.67. The lowest BCUT2D eigenvalue weighted by atomic mass is 10.0. The van der Waals surface area contributed by atoms with Gasteiger partial charge in [0.05, 0.1) is 45.6 Å². The number of aromatic amines is 5. The number of carbonyl (C=O) groups excluding carboxylic acids is 2. The zero-order chi connectivity index (χ0) is 41.6. The number of halogens is 4. The Bertz CT molecular complexity index is 2120. The lowest BCUT2D eigenvalue weighted by molar-refractivity contribution is 0.103. The standard InChI is InChI=1S/C42H51B2F4N5O4/c1-9-23-21-49-39(25(23)11-3)33(54)19-35(56-43(45)46)41-29(15-7)27(13-5)37(52-41)31-17-18-32(51-31)38-28(14-6)30(16-8)42(53-38)36(57-44(47)48)20-34(55)40-26(12-4)24(10-2)22-50-40/h17-22,49-53H,9-16H2,1-8H3/b35-19-,36-20+. The van der Waals surface area contributed by atoms with Crippen molar-refractivity contribution in [2.75, 3.05) is 0 Å². The van der Waals surface area contributed by atoms with Gasteiger partial charge in [-0.05, 0) is 108 Å². The highest BCUT2D eigenvalue weighted by molar-refractivity contribution is 6.36. The van der Waals surface area contributed by atoms with Crippen LogP contribution < -0.4 is 0 Å². The Morgan fingerprint density at radius 2 is 0.860 bits per heavy atom. The van der Waals surface area contributed by atoms with Crippen LogP contribution in [0.4, 0.5) is 17.3 Å². The number of allylic oxidation sites excluding steroid dienone is 2. The SMILES string of the molecule is CCc1c[nH]c(C(=O)/C=C(\OB(F)F)c2[nH]c(-c3ccc(-c4[nH]c(/C(=C\C(=O)c5[nH]cc(CC)c5CC)OB(F)F)c(CC)c4CC)[nH]3)c(CC)c2CC)c1CC. The van der Waals surface area contributed by atoms with Gasteiger partial charge in [-0.2, -0.15) is 0 Å². The van der Waals surface area contributed by atoms with Crippen molar-refractivity contribution in [2.24, 2.45) is 0 Å². The summed E-state index contributed by atoms with van der Waals surface area (Å²) in [5.41, 5.74) is 10.6. The van der Waals surface area contributed by atoms with Crippen LogP contribution in [0.3, 0.4) is 0 Å². The second-order valence-corrected chi connectivity index (χ2v) is 13.6. The Morgan fingerprint density at radius 3 is 1.16 bits per heavy atom. The number of hydrogen-bond acceptors (Lipinski definition) is 4. The van der Waals surface area contributed by atoms with Gasteiger partial charge in [0.25, 0.3) is 0 Å². The maximum Gasteiger partial charge on any atom is 0.796 e. The number of hydrogen-bond donors (Lipinski definition) is 5. The molecule has 0 atom stereocenters. The van der Waals surface area contributed by atoms with E-state index < -0.39 is 26.5 Å². The highest BCUT2D eigenvalue weighted by Gasteiger charge is 2.30. The fraction of sp³-hybridized carbons (Fsp3) is 0.381. The van der Waals surface area contributed by atoms with Gasteiger partial charge in [0.15, 0.2) is 0 Å². The van der Waals surface area contributed by atoms with E-state index in [1.54, 1.807) is 12.4 Å². The minimum absolute atomic E-state index is 0.270. The monoisotopic (exact) mass is 787 g/mol. The highest BCUT2D eigenvalue weighted by atomic mass is 19.2. The van der Waals surface area contributed by atoms with Crippen LogP contribution in [-0.2, 0) is 60.7 Å². The Kier molecular flexibility index (Phi) is 14.1. The van der Waals surface area contributed by atoms with Crippen LogP contribution in [0.5, 0.6) is 0 Å². The molecule has 0 aromatic carbocycles. The third-order valence-corrected chi connectivity index (χ3v) is 10.6. The molecule has 0 aliphatic rings. The molecule has 0 amide bonds. The summed E-state index contributed by atoms with van der Waals surface area (Å²) in [5.74, 6) is -1.49. The van der Waals surface area contributed by atoms with Gasteiger partial charge < -0.3 is 34.2 Å². The molecule has 57 heavy (non-hydrogen) atoms. The van der Waals surface area contributed by atoms with Crippen LogP contribution in [0.15, 0.2) is 36.7 Å². The predicted molar refractivity (Wildman–Crippen MR) is 220 cm³/mol.